The van der Waals surface area contributed by atoms with Crippen LogP contribution in [0, 0.1) is 0 Å². The van der Waals surface area contributed by atoms with Crippen molar-refractivity contribution in [3.63, 3.8) is 0 Å². The number of hydrogen-bond acceptors (Lipinski definition) is 2. The van der Waals surface area contributed by atoms with Crippen LogP contribution >= 0.6 is 21.4 Å². The van der Waals surface area contributed by atoms with Gasteiger partial charge < -0.3 is 0 Å². The molecule has 0 saturated carbocycles. The summed E-state index contributed by atoms with van der Waals surface area (Å²) in [5, 5.41) is 0. The molecule has 0 amide bonds. The average Bonchev–Trinajstić information content (AvgIpc) is 1.90. The molecule has 0 N–H and O–H groups in total. The monoisotopic (exact) mass is 168 g/mol. The maximum absolute atomic E-state index is 5.26. The van der Waals surface area contributed by atoms with Gasteiger partial charge in [0.2, 0.25) is 0 Å². The third-order valence-corrected chi connectivity index (χ3v) is 2.18. The normalized spacial score (nSPS) is 12.3. The molecule has 0 nitrogen and oxygen atoms in total. The molecule has 3 heteroatoms. The Hall–Kier alpha value is -0.0151. The SMILES string of the molecule is [B]SSC(/C=C\C)=C/C=C. The molecule has 0 aliphatic rings. The van der Waals surface area contributed by atoms with E-state index in [1.165, 1.54) is 21.4 Å². The summed E-state index contributed by atoms with van der Waals surface area (Å²) in [7, 11) is 8.02. The lowest BCUT2D eigenvalue weighted by Gasteiger charge is -1.94. The second-order valence-electron chi connectivity index (χ2n) is 1.48. The Morgan fingerprint density at radius 2 is 2.30 bits per heavy atom. The third-order valence-electron chi connectivity index (χ3n) is 0.757. The zero-order valence-corrected chi connectivity index (χ0v) is 7.54. The number of rotatable bonds is 4. The van der Waals surface area contributed by atoms with Crippen molar-refractivity contribution >= 4 is 28.6 Å². The zero-order valence-electron chi connectivity index (χ0n) is 5.91. The first-order chi connectivity index (χ1) is 4.85. The van der Waals surface area contributed by atoms with Crippen molar-refractivity contribution in [3.8, 4) is 0 Å². The Labute approximate surface area is 71.6 Å². The zero-order chi connectivity index (χ0) is 7.82. The molecule has 0 heterocycles. The van der Waals surface area contributed by atoms with Crippen LogP contribution in [0.25, 0.3) is 0 Å². The maximum Gasteiger partial charge on any atom is 0.178 e. The van der Waals surface area contributed by atoms with Crippen LogP contribution in [0.5, 0.6) is 0 Å². The van der Waals surface area contributed by atoms with E-state index in [0.29, 0.717) is 0 Å². The Morgan fingerprint density at radius 3 is 2.70 bits per heavy atom. The molecule has 0 spiro atoms. The van der Waals surface area contributed by atoms with E-state index in [1.54, 1.807) is 6.08 Å². The summed E-state index contributed by atoms with van der Waals surface area (Å²) in [6.07, 6.45) is 7.63. The van der Waals surface area contributed by atoms with Gasteiger partial charge in [0.25, 0.3) is 0 Å². The summed E-state index contributed by atoms with van der Waals surface area (Å²) < 4.78 is 0. The molecule has 0 rings (SSSR count). The first kappa shape index (κ1) is 9.98. The fourth-order valence-electron chi connectivity index (χ4n) is 0.447. The Morgan fingerprint density at radius 1 is 1.60 bits per heavy atom. The highest BCUT2D eigenvalue weighted by atomic mass is 33.1. The molecule has 0 bridgehead atoms. The molecule has 0 fully saturated rings. The van der Waals surface area contributed by atoms with Crippen molar-refractivity contribution in [2.75, 3.05) is 0 Å². The van der Waals surface area contributed by atoms with Gasteiger partial charge >= 0.3 is 0 Å². The largest absolute Gasteiger partial charge is 0.178 e. The smallest absolute Gasteiger partial charge is 0.158 e. The minimum Gasteiger partial charge on any atom is -0.158 e. The van der Waals surface area contributed by atoms with Crippen molar-refractivity contribution in [3.05, 3.63) is 35.8 Å². The maximum atomic E-state index is 5.26. The van der Waals surface area contributed by atoms with Gasteiger partial charge in [-0.1, -0.05) is 35.6 Å². The molecule has 0 atom stereocenters. The predicted octanol–water partition coefficient (Wildman–Crippen LogP) is 3.10. The van der Waals surface area contributed by atoms with Crippen LogP contribution in [-0.4, -0.2) is 7.12 Å². The van der Waals surface area contributed by atoms with Gasteiger partial charge in [-0.25, -0.2) is 0 Å². The van der Waals surface area contributed by atoms with Gasteiger partial charge in [0.15, 0.2) is 7.12 Å². The standard InChI is InChI=1S/C7H9BS2/c1-3-5-7(6-4-2)9-10-8/h3-6H,1H2,2H3/b6-4-,7-5+. The molecule has 0 aromatic heterocycles. The third kappa shape index (κ3) is 4.83. The number of hydrogen-bond donors (Lipinski definition) is 0. The molecule has 10 heavy (non-hydrogen) atoms. The molecule has 0 saturated heterocycles. The second kappa shape index (κ2) is 7.10. The lowest BCUT2D eigenvalue weighted by atomic mass is 10.4. The molecule has 0 aromatic rings. The Kier molecular flexibility index (Phi) is 7.09. The summed E-state index contributed by atoms with van der Waals surface area (Å²) in [5.41, 5.74) is 0. The molecular formula is C7H9BS2. The van der Waals surface area contributed by atoms with Crippen LogP contribution in [-0.2, 0) is 0 Å². The van der Waals surface area contributed by atoms with Crippen molar-refractivity contribution in [1.29, 1.82) is 0 Å². The highest BCUT2D eigenvalue weighted by Crippen LogP contribution is 2.27. The topological polar surface area (TPSA) is 0 Å². The fraction of sp³-hybridized carbons (Fsp3) is 0.143. The van der Waals surface area contributed by atoms with E-state index in [0.717, 1.165) is 4.91 Å². The lowest BCUT2D eigenvalue weighted by Crippen LogP contribution is -1.63. The average molecular weight is 168 g/mol. The van der Waals surface area contributed by atoms with Gasteiger partial charge in [-0.2, -0.15) is 10.6 Å². The van der Waals surface area contributed by atoms with E-state index < -0.39 is 0 Å². The van der Waals surface area contributed by atoms with Gasteiger partial charge in [-0.05, 0) is 13.0 Å². The van der Waals surface area contributed by atoms with Crippen LogP contribution in [0.1, 0.15) is 6.92 Å². The summed E-state index contributed by atoms with van der Waals surface area (Å²) in [5.74, 6) is 0. The van der Waals surface area contributed by atoms with Crippen molar-refractivity contribution in [1.82, 2.24) is 0 Å². The minimum atomic E-state index is 1.12. The molecule has 2 radical (unpaired) electrons. The van der Waals surface area contributed by atoms with Crippen LogP contribution in [0.3, 0.4) is 0 Å². The first-order valence-corrected chi connectivity index (χ1v) is 5.05. The van der Waals surface area contributed by atoms with Crippen molar-refractivity contribution in [2.24, 2.45) is 0 Å². The molecule has 52 valence electrons. The van der Waals surface area contributed by atoms with Gasteiger partial charge in [-0.3, -0.25) is 0 Å². The van der Waals surface area contributed by atoms with Gasteiger partial charge in [-0.15, -0.1) is 0 Å². The van der Waals surface area contributed by atoms with Gasteiger partial charge in [0.05, 0.1) is 0 Å². The highest BCUT2D eigenvalue weighted by molar-refractivity contribution is 8.85. The van der Waals surface area contributed by atoms with Crippen LogP contribution in [0.2, 0.25) is 0 Å². The summed E-state index contributed by atoms with van der Waals surface area (Å²) in [4.78, 5) is 1.12. The summed E-state index contributed by atoms with van der Waals surface area (Å²) in [6, 6.07) is 0. The molecule has 0 unspecified atom stereocenters. The van der Waals surface area contributed by atoms with Crippen LogP contribution < -0.4 is 0 Å². The van der Waals surface area contributed by atoms with Crippen LogP contribution in [0.4, 0.5) is 0 Å². The number of allylic oxidation sites excluding steroid dienone is 4. The second-order valence-corrected chi connectivity index (χ2v) is 3.39. The van der Waals surface area contributed by atoms with E-state index in [2.05, 4.69) is 6.58 Å². The molecular weight excluding hydrogens is 159 g/mol. The van der Waals surface area contributed by atoms with E-state index in [9.17, 15) is 0 Å². The first-order valence-electron chi connectivity index (χ1n) is 2.84. The molecule has 0 aromatic carbocycles. The van der Waals surface area contributed by atoms with Crippen molar-refractivity contribution in [2.45, 2.75) is 6.92 Å². The van der Waals surface area contributed by atoms with E-state index in [4.69, 9.17) is 7.12 Å². The highest BCUT2D eigenvalue weighted by Gasteiger charge is 1.86. The lowest BCUT2D eigenvalue weighted by molar-refractivity contribution is 1.72. The minimum absolute atomic E-state index is 1.12. The Bertz CT molecular complexity index is 150. The quantitative estimate of drug-likeness (QED) is 0.359. The van der Waals surface area contributed by atoms with E-state index in [1.807, 2.05) is 25.2 Å². The van der Waals surface area contributed by atoms with Crippen LogP contribution in [0.15, 0.2) is 35.8 Å². The van der Waals surface area contributed by atoms with Crippen molar-refractivity contribution < 1.29 is 0 Å². The van der Waals surface area contributed by atoms with E-state index in [-0.39, 0.29) is 0 Å². The predicted molar refractivity (Wildman–Crippen MR) is 54.0 cm³/mol. The van der Waals surface area contributed by atoms with E-state index >= 15 is 0 Å². The Balaban J connectivity index is 3.96. The van der Waals surface area contributed by atoms with Gasteiger partial charge in [0.1, 0.15) is 0 Å². The summed E-state index contributed by atoms with van der Waals surface area (Å²) in [6.45, 7) is 5.56. The fourth-order valence-corrected chi connectivity index (χ4v) is 1.57. The summed E-state index contributed by atoms with van der Waals surface area (Å²) >= 11 is 0. The molecule has 0 aliphatic heterocycles. The molecule has 0 aliphatic carbocycles. The van der Waals surface area contributed by atoms with Gasteiger partial charge in [0, 0.05) is 4.91 Å².